The molecule has 0 aliphatic heterocycles. The van der Waals surface area contributed by atoms with Crippen LogP contribution < -0.4 is 16.2 Å². The van der Waals surface area contributed by atoms with Crippen LogP contribution >= 0.6 is 0 Å². The summed E-state index contributed by atoms with van der Waals surface area (Å²) in [5.74, 6) is -1.81. The van der Waals surface area contributed by atoms with Gasteiger partial charge in [-0.25, -0.2) is 4.99 Å². The van der Waals surface area contributed by atoms with Crippen LogP contribution in [0, 0.1) is 51.2 Å². The van der Waals surface area contributed by atoms with Gasteiger partial charge in [0.2, 0.25) is 10.8 Å². The highest BCUT2D eigenvalue weighted by atomic mass is 16.1. The van der Waals surface area contributed by atoms with Crippen LogP contribution in [0.3, 0.4) is 0 Å². The molecular weight excluding hydrogens is 356 g/mol. The van der Waals surface area contributed by atoms with Crippen LogP contribution in [-0.2, 0) is 5.41 Å². The third-order valence-corrected chi connectivity index (χ3v) is 4.22. The topological polar surface area (TPSA) is 156 Å². The molecule has 1 rings (SSSR count). The highest BCUT2D eigenvalue weighted by Gasteiger charge is 2.51. The van der Waals surface area contributed by atoms with E-state index in [-0.39, 0.29) is 11.0 Å². The van der Waals surface area contributed by atoms with E-state index < -0.39 is 27.8 Å². The molecule has 0 saturated carbocycles. The predicted octanol–water partition coefficient (Wildman–Crippen LogP) is 2.02. The highest BCUT2D eigenvalue weighted by Crippen LogP contribution is 2.28. The Hall–Kier alpha value is -3.62. The number of nitriles is 4. The van der Waals surface area contributed by atoms with Gasteiger partial charge in [0.15, 0.2) is 11.5 Å². The van der Waals surface area contributed by atoms with E-state index in [9.17, 15) is 30.6 Å². The van der Waals surface area contributed by atoms with Gasteiger partial charge in [0.25, 0.3) is 5.43 Å². The van der Waals surface area contributed by atoms with Crippen molar-refractivity contribution in [2.75, 3.05) is 13.1 Å². The zero-order chi connectivity index (χ0) is 21.2. The summed E-state index contributed by atoms with van der Waals surface area (Å²) in [6, 6.07) is 7.48. The van der Waals surface area contributed by atoms with E-state index in [1.54, 1.807) is 24.3 Å². The minimum absolute atomic E-state index is 0.0946. The van der Waals surface area contributed by atoms with E-state index in [1.165, 1.54) is 6.07 Å². The summed E-state index contributed by atoms with van der Waals surface area (Å²) in [6.07, 6.45) is 3.08. The Morgan fingerprint density at radius 3 is 2.18 bits per heavy atom. The van der Waals surface area contributed by atoms with Crippen molar-refractivity contribution in [1.29, 1.82) is 21.0 Å². The highest BCUT2D eigenvalue weighted by molar-refractivity contribution is 5.56. The summed E-state index contributed by atoms with van der Waals surface area (Å²) in [6.45, 7) is 4.55. The first-order valence-corrected chi connectivity index (χ1v) is 8.99. The fraction of sp³-hybridized carbons (Fsp3) is 0.500. The van der Waals surface area contributed by atoms with Gasteiger partial charge in [0.1, 0.15) is 12.1 Å². The molecule has 0 atom stereocenters. The maximum absolute atomic E-state index is 12.9. The van der Waals surface area contributed by atoms with Crippen LogP contribution in [-0.4, -0.2) is 13.1 Å². The van der Waals surface area contributed by atoms with E-state index >= 15 is 0 Å². The lowest BCUT2D eigenvalue weighted by atomic mass is 9.73. The lowest BCUT2D eigenvalue weighted by molar-refractivity contribution is 0.602. The molecule has 0 N–H and O–H groups in total. The van der Waals surface area contributed by atoms with Gasteiger partial charge in [-0.15, -0.1) is 6.54 Å². The van der Waals surface area contributed by atoms with E-state index in [1.807, 2.05) is 13.8 Å². The normalized spacial score (nSPS) is 11.3. The Labute approximate surface area is 163 Å². The third kappa shape index (κ3) is 4.37. The Morgan fingerprint density at radius 1 is 1.07 bits per heavy atom. The Balaban J connectivity index is 3.89. The van der Waals surface area contributed by atoms with Crippen molar-refractivity contribution < 1.29 is 0 Å². The van der Waals surface area contributed by atoms with Crippen molar-refractivity contribution >= 4 is 5.69 Å². The van der Waals surface area contributed by atoms with Gasteiger partial charge in [-0.05, 0) is 6.42 Å². The van der Waals surface area contributed by atoms with Gasteiger partial charge >= 0.3 is 5.43 Å². The first-order chi connectivity index (χ1) is 13.5. The van der Waals surface area contributed by atoms with Gasteiger partial charge in [-0.3, -0.25) is 9.59 Å². The van der Waals surface area contributed by atoms with Gasteiger partial charge < -0.3 is 5.32 Å². The number of nitrogens with zero attached hydrogens (tertiary/aromatic N) is 6. The molecule has 0 spiro atoms. The van der Waals surface area contributed by atoms with Crippen LogP contribution in [0.2, 0.25) is 0 Å². The van der Waals surface area contributed by atoms with Crippen LogP contribution in [0.5, 0.6) is 0 Å². The molecule has 0 fully saturated rings. The van der Waals surface area contributed by atoms with Crippen molar-refractivity contribution in [1.82, 2.24) is 0 Å². The van der Waals surface area contributed by atoms with Crippen LogP contribution in [0.4, 0.5) is 5.69 Å². The van der Waals surface area contributed by atoms with E-state index in [0.717, 1.165) is 12.8 Å². The van der Waals surface area contributed by atoms with Crippen molar-refractivity contribution in [2.24, 2.45) is 10.9 Å². The number of unbranched alkanes of at least 4 members (excludes halogenated alkanes) is 2. The van der Waals surface area contributed by atoms with E-state index in [2.05, 4.69) is 10.3 Å². The van der Waals surface area contributed by atoms with Gasteiger partial charge in [-0.1, -0.05) is 33.1 Å². The molecule has 8 heteroatoms. The molecular formula is C20H20N6O2. The van der Waals surface area contributed by atoms with Gasteiger partial charge in [-0.2, -0.15) is 21.0 Å². The average Bonchev–Trinajstić information content (AvgIpc) is 2.70. The third-order valence-electron chi connectivity index (χ3n) is 4.22. The van der Waals surface area contributed by atoms with Crippen LogP contribution in [0.1, 0.15) is 45.1 Å². The molecule has 0 amide bonds. The van der Waals surface area contributed by atoms with Crippen molar-refractivity contribution in [2.45, 2.75) is 44.9 Å². The molecule has 0 unspecified atom stereocenters. The van der Waals surface area contributed by atoms with Gasteiger partial charge in [0, 0.05) is 5.69 Å². The SMILES string of the molecule is CCCCN=c1cc([N-]CCCC)c(=O)[c+](C(C#N)(C#N)C(C#N)C#N)c1=O. The quantitative estimate of drug-likeness (QED) is 0.474. The molecule has 0 bridgehead atoms. The smallest absolute Gasteiger partial charge is 0.320 e. The first kappa shape index (κ1) is 22.4. The van der Waals surface area contributed by atoms with Crippen LogP contribution in [0.25, 0.3) is 5.32 Å². The summed E-state index contributed by atoms with van der Waals surface area (Å²) in [5.41, 5.74) is -5.15. The zero-order valence-electron chi connectivity index (χ0n) is 15.9. The Morgan fingerprint density at radius 2 is 1.68 bits per heavy atom. The second kappa shape index (κ2) is 10.5. The van der Waals surface area contributed by atoms with Gasteiger partial charge in [0.05, 0.1) is 24.7 Å². The van der Waals surface area contributed by atoms with E-state index in [4.69, 9.17) is 0 Å². The fourth-order valence-electron chi connectivity index (χ4n) is 2.56. The standard InChI is InChI=1S/C20H20N6O2/c1-3-5-7-25-15-9-16(26-8-6-4-2)19(28)17(18(15)27)20(12-23,13-24)14(10-21)11-22/h9,14H,3-8H2,1-2H3. The second-order valence-corrected chi connectivity index (χ2v) is 6.14. The minimum atomic E-state index is -2.51. The van der Waals surface area contributed by atoms with Crippen molar-refractivity contribution in [3.63, 3.8) is 0 Å². The number of rotatable bonds is 9. The first-order valence-electron chi connectivity index (χ1n) is 8.99. The van der Waals surface area contributed by atoms with Crippen molar-refractivity contribution in [3.8, 4) is 24.3 Å². The monoisotopic (exact) mass is 376 g/mol. The molecule has 0 saturated heterocycles. The fourth-order valence-corrected chi connectivity index (χ4v) is 2.56. The second-order valence-electron chi connectivity index (χ2n) is 6.14. The summed E-state index contributed by atoms with van der Waals surface area (Å²) in [7, 11) is 0. The molecule has 28 heavy (non-hydrogen) atoms. The summed E-state index contributed by atoms with van der Waals surface area (Å²) < 4.78 is 0. The summed E-state index contributed by atoms with van der Waals surface area (Å²) >= 11 is 0. The largest absolute Gasteiger partial charge is 0.620 e. The Kier molecular flexibility index (Phi) is 8.42. The minimum Gasteiger partial charge on any atom is -0.620 e. The lowest BCUT2D eigenvalue weighted by Gasteiger charge is -2.17. The number of hydrogen-bond donors (Lipinski definition) is 0. The zero-order valence-corrected chi connectivity index (χ0v) is 15.9. The Bertz CT molecular complexity index is 1000. The molecule has 0 radical (unpaired) electrons. The number of hydrogen-bond acceptors (Lipinski definition) is 7. The molecule has 142 valence electrons. The van der Waals surface area contributed by atoms with Crippen LogP contribution in [0.15, 0.2) is 20.6 Å². The number of benzene rings is 1. The molecule has 0 aliphatic rings. The molecule has 1 aromatic rings. The predicted molar refractivity (Wildman–Crippen MR) is 102 cm³/mol. The molecule has 1 aromatic carbocycles. The van der Waals surface area contributed by atoms with Crippen molar-refractivity contribution in [3.05, 3.63) is 42.8 Å². The summed E-state index contributed by atoms with van der Waals surface area (Å²) in [4.78, 5) is 30.0. The molecule has 8 nitrogen and oxygen atoms in total. The molecule has 0 aliphatic carbocycles. The maximum Gasteiger partial charge on any atom is 0.320 e. The molecule has 0 aromatic heterocycles. The molecule has 0 heterocycles. The van der Waals surface area contributed by atoms with E-state index in [0.29, 0.717) is 25.9 Å². The summed E-state index contributed by atoms with van der Waals surface area (Å²) in [5, 5.41) is 41.8. The maximum atomic E-state index is 12.9. The average molecular weight is 376 g/mol. The lowest BCUT2D eigenvalue weighted by Crippen LogP contribution is -2.46.